The molecule has 3 rings (SSSR count). The highest BCUT2D eigenvalue weighted by molar-refractivity contribution is 5.86. The summed E-state index contributed by atoms with van der Waals surface area (Å²) in [6.07, 6.45) is 2.36. The molecule has 2 bridgehead atoms. The molecule has 0 radical (unpaired) electrons. The maximum atomic E-state index is 12.4. The van der Waals surface area contributed by atoms with Crippen molar-refractivity contribution >= 4 is 11.9 Å². The number of aliphatic hydroxyl groups excluding tert-OH is 1. The van der Waals surface area contributed by atoms with Crippen LogP contribution in [-0.2, 0) is 9.59 Å². The van der Waals surface area contributed by atoms with Crippen molar-refractivity contribution in [2.45, 2.75) is 49.9 Å². The molecule has 6 nitrogen and oxygen atoms in total. The van der Waals surface area contributed by atoms with Gasteiger partial charge in [0.1, 0.15) is 6.04 Å². The van der Waals surface area contributed by atoms with E-state index < -0.39 is 18.1 Å². The molecule has 3 saturated heterocycles. The standard InChI is InChI=1S/C12H18N2O4/c15-7-4-10(12(17)18)14(5-7)11(16)8-3-6-1-2-9(8)13-6/h6-10,13,15H,1-5H2,(H,17,18)/t6?,7-,8?,9?,10-/m0/s1. The highest BCUT2D eigenvalue weighted by atomic mass is 16.4. The zero-order valence-corrected chi connectivity index (χ0v) is 10.1. The first kappa shape index (κ1) is 11.9. The highest BCUT2D eigenvalue weighted by Gasteiger charge is 2.48. The molecule has 100 valence electrons. The molecule has 3 N–H and O–H groups in total. The molecule has 0 aliphatic carbocycles. The predicted molar refractivity (Wildman–Crippen MR) is 61.8 cm³/mol. The van der Waals surface area contributed by atoms with Gasteiger partial charge in [-0.1, -0.05) is 0 Å². The zero-order valence-electron chi connectivity index (χ0n) is 10.1. The van der Waals surface area contributed by atoms with Gasteiger partial charge in [-0.3, -0.25) is 4.79 Å². The number of hydrogen-bond acceptors (Lipinski definition) is 4. The van der Waals surface area contributed by atoms with Crippen molar-refractivity contribution in [1.29, 1.82) is 0 Å². The van der Waals surface area contributed by atoms with E-state index in [0.717, 1.165) is 19.3 Å². The molecule has 3 unspecified atom stereocenters. The first-order chi connectivity index (χ1) is 8.56. The Hall–Kier alpha value is -1.14. The molecule has 3 fully saturated rings. The van der Waals surface area contributed by atoms with Gasteiger partial charge in [-0.2, -0.15) is 0 Å². The zero-order chi connectivity index (χ0) is 12.9. The topological polar surface area (TPSA) is 89.9 Å². The molecule has 5 atom stereocenters. The Bertz CT molecular complexity index is 386. The smallest absolute Gasteiger partial charge is 0.326 e. The minimum Gasteiger partial charge on any atom is -0.480 e. The summed E-state index contributed by atoms with van der Waals surface area (Å²) < 4.78 is 0. The Balaban J connectivity index is 1.73. The van der Waals surface area contributed by atoms with Crippen molar-refractivity contribution < 1.29 is 19.8 Å². The molecular weight excluding hydrogens is 236 g/mol. The predicted octanol–water partition coefficient (Wildman–Crippen LogP) is -0.827. The van der Waals surface area contributed by atoms with E-state index >= 15 is 0 Å². The van der Waals surface area contributed by atoms with Crippen molar-refractivity contribution in [2.24, 2.45) is 5.92 Å². The normalized spacial score (nSPS) is 42.5. The van der Waals surface area contributed by atoms with Gasteiger partial charge in [-0.15, -0.1) is 0 Å². The number of rotatable bonds is 2. The first-order valence-corrected chi connectivity index (χ1v) is 6.53. The second-order valence-corrected chi connectivity index (χ2v) is 5.62. The minimum absolute atomic E-state index is 0.0985. The molecule has 18 heavy (non-hydrogen) atoms. The van der Waals surface area contributed by atoms with Gasteiger partial charge in [-0.25, -0.2) is 4.79 Å². The Kier molecular flexibility index (Phi) is 2.79. The Morgan fingerprint density at radius 2 is 2.00 bits per heavy atom. The number of carbonyl (C=O) groups excluding carboxylic acids is 1. The number of nitrogens with zero attached hydrogens (tertiary/aromatic N) is 1. The number of aliphatic hydroxyl groups is 1. The number of likely N-dealkylation sites (tertiary alicyclic amines) is 1. The maximum Gasteiger partial charge on any atom is 0.326 e. The van der Waals surface area contributed by atoms with Gasteiger partial charge in [0, 0.05) is 25.0 Å². The van der Waals surface area contributed by atoms with Crippen LogP contribution >= 0.6 is 0 Å². The fourth-order valence-electron chi connectivity index (χ4n) is 3.60. The number of nitrogens with one attached hydrogen (secondary N) is 1. The highest BCUT2D eigenvalue weighted by Crippen LogP contribution is 2.35. The van der Waals surface area contributed by atoms with Crippen molar-refractivity contribution in [1.82, 2.24) is 10.2 Å². The van der Waals surface area contributed by atoms with Crippen LogP contribution in [0.1, 0.15) is 25.7 Å². The summed E-state index contributed by atoms with van der Waals surface area (Å²) in [7, 11) is 0. The summed E-state index contributed by atoms with van der Waals surface area (Å²) in [5, 5.41) is 22.1. The number of β-amino-alcohol motifs (C(OH)–C–C–N with tert-alkyl or cyclic N) is 1. The molecule has 0 saturated carbocycles. The molecule has 1 amide bonds. The summed E-state index contributed by atoms with van der Waals surface area (Å²) in [5.41, 5.74) is 0. The van der Waals surface area contributed by atoms with E-state index in [1.807, 2.05) is 0 Å². The van der Waals surface area contributed by atoms with Crippen LogP contribution in [-0.4, -0.2) is 57.8 Å². The lowest BCUT2D eigenvalue weighted by molar-refractivity contribution is -0.150. The summed E-state index contributed by atoms with van der Waals surface area (Å²) >= 11 is 0. The average Bonchev–Trinajstić information content (AvgIpc) is 3.01. The lowest BCUT2D eigenvalue weighted by Crippen LogP contribution is -2.46. The number of carbonyl (C=O) groups is 2. The number of amides is 1. The molecule has 0 aromatic carbocycles. The maximum absolute atomic E-state index is 12.4. The van der Waals surface area contributed by atoms with Crippen LogP contribution < -0.4 is 5.32 Å². The van der Waals surface area contributed by atoms with Gasteiger partial charge >= 0.3 is 5.97 Å². The van der Waals surface area contributed by atoms with E-state index in [0.29, 0.717) is 6.04 Å². The Labute approximate surface area is 105 Å². The molecule has 3 aliphatic rings. The third-order valence-corrected chi connectivity index (χ3v) is 4.46. The third-order valence-electron chi connectivity index (χ3n) is 4.46. The average molecular weight is 254 g/mol. The lowest BCUT2D eigenvalue weighted by Gasteiger charge is -2.28. The van der Waals surface area contributed by atoms with E-state index in [1.165, 1.54) is 4.90 Å². The third kappa shape index (κ3) is 1.80. The van der Waals surface area contributed by atoms with E-state index in [9.17, 15) is 14.7 Å². The van der Waals surface area contributed by atoms with Gasteiger partial charge in [0.25, 0.3) is 0 Å². The lowest BCUT2D eigenvalue weighted by atomic mass is 9.88. The van der Waals surface area contributed by atoms with Crippen LogP contribution in [0.5, 0.6) is 0 Å². The number of hydrogen-bond donors (Lipinski definition) is 3. The Morgan fingerprint density at radius 1 is 1.22 bits per heavy atom. The fourth-order valence-corrected chi connectivity index (χ4v) is 3.60. The van der Waals surface area contributed by atoms with Gasteiger partial charge < -0.3 is 20.4 Å². The molecule has 3 heterocycles. The molecule has 3 aliphatic heterocycles. The van der Waals surface area contributed by atoms with Gasteiger partial charge in [-0.05, 0) is 19.3 Å². The van der Waals surface area contributed by atoms with E-state index in [-0.39, 0.29) is 30.8 Å². The molecule has 6 heteroatoms. The molecular formula is C12H18N2O4. The van der Waals surface area contributed by atoms with E-state index in [1.54, 1.807) is 0 Å². The van der Waals surface area contributed by atoms with Crippen LogP contribution in [0.15, 0.2) is 0 Å². The monoisotopic (exact) mass is 254 g/mol. The van der Waals surface area contributed by atoms with Gasteiger partial charge in [0.2, 0.25) is 5.91 Å². The van der Waals surface area contributed by atoms with Crippen molar-refractivity contribution in [3.63, 3.8) is 0 Å². The first-order valence-electron chi connectivity index (χ1n) is 6.53. The minimum atomic E-state index is -1.02. The van der Waals surface area contributed by atoms with Crippen molar-refractivity contribution in [3.8, 4) is 0 Å². The fraction of sp³-hybridized carbons (Fsp3) is 0.833. The van der Waals surface area contributed by atoms with Crippen LogP contribution in [0.25, 0.3) is 0 Å². The second-order valence-electron chi connectivity index (χ2n) is 5.62. The van der Waals surface area contributed by atoms with Crippen LogP contribution in [0, 0.1) is 5.92 Å². The molecule has 0 aromatic heterocycles. The molecule has 0 spiro atoms. The van der Waals surface area contributed by atoms with Crippen LogP contribution in [0.2, 0.25) is 0 Å². The second kappa shape index (κ2) is 4.20. The van der Waals surface area contributed by atoms with Crippen LogP contribution in [0.3, 0.4) is 0 Å². The van der Waals surface area contributed by atoms with Gasteiger partial charge in [0.05, 0.1) is 12.0 Å². The number of carboxylic acid groups (broad SMARTS) is 1. The number of carboxylic acids is 1. The van der Waals surface area contributed by atoms with E-state index in [2.05, 4.69) is 5.32 Å². The summed E-state index contributed by atoms with van der Waals surface area (Å²) in [6, 6.07) is -0.235. The van der Waals surface area contributed by atoms with Crippen molar-refractivity contribution in [3.05, 3.63) is 0 Å². The quantitative estimate of drug-likeness (QED) is 0.598. The summed E-state index contributed by atoms with van der Waals surface area (Å²) in [5.74, 6) is -1.22. The van der Waals surface area contributed by atoms with Crippen molar-refractivity contribution in [2.75, 3.05) is 6.54 Å². The summed E-state index contributed by atoms with van der Waals surface area (Å²) in [4.78, 5) is 24.9. The van der Waals surface area contributed by atoms with E-state index in [4.69, 9.17) is 5.11 Å². The van der Waals surface area contributed by atoms with Gasteiger partial charge in [0.15, 0.2) is 0 Å². The summed E-state index contributed by atoms with van der Waals surface area (Å²) in [6.45, 7) is 0.156. The molecule has 0 aromatic rings. The Morgan fingerprint density at radius 3 is 2.56 bits per heavy atom. The van der Waals surface area contributed by atoms with Crippen LogP contribution in [0.4, 0.5) is 0 Å². The SMILES string of the molecule is O=C(O)[C@@H]1C[C@H](O)CN1C(=O)C1CC2CCC1N2. The number of aliphatic carboxylic acids is 1. The largest absolute Gasteiger partial charge is 0.480 e. The number of fused-ring (bicyclic) bond motifs is 2.